The zero-order chi connectivity index (χ0) is 16.1. The van der Waals surface area contributed by atoms with Gasteiger partial charge in [-0.05, 0) is 37.3 Å². The normalized spacial score (nSPS) is 11.2. The summed E-state index contributed by atoms with van der Waals surface area (Å²) in [6.45, 7) is 10.2. The van der Waals surface area contributed by atoms with Crippen molar-refractivity contribution in [3.8, 4) is 5.75 Å². The van der Waals surface area contributed by atoms with Crippen LogP contribution >= 0.6 is 0 Å². The number of aromatic nitrogens is 3. The van der Waals surface area contributed by atoms with Gasteiger partial charge in [-0.1, -0.05) is 37.3 Å². The number of para-hydroxylation sites is 1. The number of benzene rings is 1. The van der Waals surface area contributed by atoms with Gasteiger partial charge in [-0.2, -0.15) is 0 Å². The first-order valence-corrected chi connectivity index (χ1v) is 7.83. The second kappa shape index (κ2) is 7.40. The van der Waals surface area contributed by atoms with Gasteiger partial charge < -0.3 is 10.5 Å². The van der Waals surface area contributed by atoms with Crippen LogP contribution in [-0.2, 0) is 19.7 Å². The maximum absolute atomic E-state index is 6.05. The fraction of sp³-hybridized carbons (Fsp3) is 0.529. The number of nitrogens with zero attached hydrogens (tertiary/aromatic N) is 3. The summed E-state index contributed by atoms with van der Waals surface area (Å²) >= 11 is 0. The first kappa shape index (κ1) is 16.5. The molecule has 2 rings (SSSR count). The number of hydrogen-bond donors (Lipinski definition) is 1. The first-order valence-electron chi connectivity index (χ1n) is 7.83. The molecule has 0 amide bonds. The Labute approximate surface area is 132 Å². The van der Waals surface area contributed by atoms with Gasteiger partial charge >= 0.3 is 0 Å². The van der Waals surface area contributed by atoms with Crippen molar-refractivity contribution in [3.63, 3.8) is 0 Å². The lowest BCUT2D eigenvalue weighted by atomic mass is 10.1. The second-order valence-corrected chi connectivity index (χ2v) is 6.10. The molecule has 1 aromatic heterocycles. The van der Waals surface area contributed by atoms with E-state index in [0.29, 0.717) is 19.1 Å². The molecular weight excluding hydrogens is 276 g/mol. The van der Waals surface area contributed by atoms with Gasteiger partial charge in [0.05, 0.1) is 0 Å². The van der Waals surface area contributed by atoms with Crippen molar-refractivity contribution in [2.24, 2.45) is 11.7 Å². The van der Waals surface area contributed by atoms with Crippen molar-refractivity contribution in [2.75, 3.05) is 0 Å². The first-order chi connectivity index (χ1) is 10.5. The lowest BCUT2D eigenvalue weighted by Crippen LogP contribution is -2.12. The van der Waals surface area contributed by atoms with Gasteiger partial charge in [0.2, 0.25) is 0 Å². The summed E-state index contributed by atoms with van der Waals surface area (Å²) in [6.07, 6.45) is 1.06. The standard InChI is InChI=1S/C17H26N4O/c1-12(2)8-9-21-16(15(10-18)19-20-21)11-22-17-13(3)6-5-7-14(17)4/h5-7,12H,8-11,18H2,1-4H3. The summed E-state index contributed by atoms with van der Waals surface area (Å²) in [5, 5.41) is 8.40. The molecule has 0 radical (unpaired) electrons. The Balaban J connectivity index is 2.16. The maximum atomic E-state index is 6.05. The molecule has 2 aromatic rings. The molecule has 5 heteroatoms. The predicted molar refractivity (Wildman–Crippen MR) is 87.6 cm³/mol. The Morgan fingerprint density at radius 3 is 2.50 bits per heavy atom. The molecular formula is C17H26N4O. The van der Waals surface area contributed by atoms with E-state index in [2.05, 4.69) is 50.1 Å². The maximum Gasteiger partial charge on any atom is 0.132 e. The van der Waals surface area contributed by atoms with Crippen LogP contribution in [0.4, 0.5) is 0 Å². The monoisotopic (exact) mass is 302 g/mol. The van der Waals surface area contributed by atoms with E-state index in [9.17, 15) is 0 Å². The third-order valence-corrected chi connectivity index (χ3v) is 3.79. The molecule has 0 saturated heterocycles. The fourth-order valence-electron chi connectivity index (χ4n) is 2.41. The average molecular weight is 302 g/mol. The molecule has 0 aliphatic heterocycles. The van der Waals surface area contributed by atoms with Crippen molar-refractivity contribution < 1.29 is 4.74 Å². The fourth-order valence-corrected chi connectivity index (χ4v) is 2.41. The van der Waals surface area contributed by atoms with E-state index >= 15 is 0 Å². The van der Waals surface area contributed by atoms with Crippen molar-refractivity contribution in [3.05, 3.63) is 40.7 Å². The van der Waals surface area contributed by atoms with E-state index in [0.717, 1.165) is 41.2 Å². The van der Waals surface area contributed by atoms with Gasteiger partial charge in [0.1, 0.15) is 23.7 Å². The van der Waals surface area contributed by atoms with Gasteiger partial charge in [0.15, 0.2) is 0 Å². The summed E-state index contributed by atoms with van der Waals surface area (Å²) in [4.78, 5) is 0. The molecule has 0 aliphatic carbocycles. The molecule has 0 aliphatic rings. The third-order valence-electron chi connectivity index (χ3n) is 3.79. The Hall–Kier alpha value is -1.88. The summed E-state index contributed by atoms with van der Waals surface area (Å²) in [5.74, 6) is 1.56. The second-order valence-electron chi connectivity index (χ2n) is 6.10. The van der Waals surface area contributed by atoms with E-state index < -0.39 is 0 Å². The zero-order valence-electron chi connectivity index (χ0n) is 14.0. The minimum atomic E-state index is 0.382. The van der Waals surface area contributed by atoms with Crippen LogP contribution in [0.1, 0.15) is 42.8 Å². The minimum absolute atomic E-state index is 0.382. The van der Waals surface area contributed by atoms with Crippen LogP contribution in [0.2, 0.25) is 0 Å². The van der Waals surface area contributed by atoms with E-state index in [-0.39, 0.29) is 0 Å². The number of aryl methyl sites for hydroxylation is 3. The van der Waals surface area contributed by atoms with Crippen molar-refractivity contribution in [1.29, 1.82) is 0 Å². The van der Waals surface area contributed by atoms with E-state index in [4.69, 9.17) is 10.5 Å². The van der Waals surface area contributed by atoms with Crippen molar-refractivity contribution in [1.82, 2.24) is 15.0 Å². The largest absolute Gasteiger partial charge is 0.487 e. The van der Waals surface area contributed by atoms with Crippen molar-refractivity contribution in [2.45, 2.75) is 53.8 Å². The lowest BCUT2D eigenvalue weighted by Gasteiger charge is -2.14. The highest BCUT2D eigenvalue weighted by Gasteiger charge is 2.14. The van der Waals surface area contributed by atoms with Gasteiger partial charge in [-0.15, -0.1) is 5.10 Å². The Morgan fingerprint density at radius 1 is 1.23 bits per heavy atom. The molecule has 22 heavy (non-hydrogen) atoms. The van der Waals surface area contributed by atoms with E-state index in [1.54, 1.807) is 0 Å². The minimum Gasteiger partial charge on any atom is -0.487 e. The number of ether oxygens (including phenoxy) is 1. The Morgan fingerprint density at radius 2 is 1.91 bits per heavy atom. The molecule has 2 N–H and O–H groups in total. The van der Waals surface area contributed by atoms with Gasteiger partial charge in [0, 0.05) is 13.1 Å². The Bertz CT molecular complexity index is 599. The van der Waals surface area contributed by atoms with Gasteiger partial charge in [-0.3, -0.25) is 0 Å². The molecule has 0 saturated carbocycles. The highest BCUT2D eigenvalue weighted by Crippen LogP contribution is 2.24. The summed E-state index contributed by atoms with van der Waals surface area (Å²) in [6, 6.07) is 6.15. The molecule has 0 atom stereocenters. The topological polar surface area (TPSA) is 66.0 Å². The number of nitrogens with two attached hydrogens (primary N) is 1. The van der Waals surface area contributed by atoms with E-state index in [1.807, 2.05) is 10.7 Å². The molecule has 0 unspecified atom stereocenters. The molecule has 5 nitrogen and oxygen atoms in total. The molecule has 0 fully saturated rings. The molecule has 0 spiro atoms. The van der Waals surface area contributed by atoms with Crippen LogP contribution in [0.15, 0.2) is 18.2 Å². The molecule has 1 aromatic carbocycles. The summed E-state index contributed by atoms with van der Waals surface area (Å²) < 4.78 is 7.97. The van der Waals surface area contributed by atoms with Crippen LogP contribution in [0.3, 0.4) is 0 Å². The molecule has 1 heterocycles. The summed E-state index contributed by atoms with van der Waals surface area (Å²) in [5.41, 5.74) is 9.84. The highest BCUT2D eigenvalue weighted by molar-refractivity contribution is 5.39. The predicted octanol–water partition coefficient (Wildman–Crippen LogP) is 2.98. The zero-order valence-corrected chi connectivity index (χ0v) is 14.0. The average Bonchev–Trinajstić information content (AvgIpc) is 2.86. The van der Waals surface area contributed by atoms with Crippen LogP contribution < -0.4 is 10.5 Å². The van der Waals surface area contributed by atoms with Crippen LogP contribution in [0, 0.1) is 19.8 Å². The van der Waals surface area contributed by atoms with Crippen LogP contribution in [0.5, 0.6) is 5.75 Å². The summed E-state index contributed by atoms with van der Waals surface area (Å²) in [7, 11) is 0. The highest BCUT2D eigenvalue weighted by atomic mass is 16.5. The quantitative estimate of drug-likeness (QED) is 0.854. The van der Waals surface area contributed by atoms with Gasteiger partial charge in [0.25, 0.3) is 0 Å². The van der Waals surface area contributed by atoms with Crippen LogP contribution in [-0.4, -0.2) is 15.0 Å². The SMILES string of the molecule is Cc1cccc(C)c1OCc1c(CN)nnn1CCC(C)C. The lowest BCUT2D eigenvalue weighted by molar-refractivity contribution is 0.284. The molecule has 0 bridgehead atoms. The number of rotatable bonds is 7. The van der Waals surface area contributed by atoms with Gasteiger partial charge in [-0.25, -0.2) is 4.68 Å². The van der Waals surface area contributed by atoms with Crippen LogP contribution in [0.25, 0.3) is 0 Å². The Kier molecular flexibility index (Phi) is 5.55. The van der Waals surface area contributed by atoms with E-state index in [1.165, 1.54) is 0 Å². The number of hydrogen-bond acceptors (Lipinski definition) is 4. The molecule has 120 valence electrons. The van der Waals surface area contributed by atoms with Crippen molar-refractivity contribution >= 4 is 0 Å². The smallest absolute Gasteiger partial charge is 0.132 e. The third kappa shape index (κ3) is 3.85.